The lowest BCUT2D eigenvalue weighted by molar-refractivity contribution is -0.137. The minimum Gasteiger partial charge on any atom is -0.481 e. The van der Waals surface area contributed by atoms with E-state index in [9.17, 15) is 9.59 Å². The number of carbonyl (C=O) groups is 2. The fraction of sp³-hybridized carbons (Fsp3) is 0.500. The summed E-state index contributed by atoms with van der Waals surface area (Å²) in [6.45, 7) is 4.73. The van der Waals surface area contributed by atoms with Crippen LogP contribution in [0.1, 0.15) is 36.8 Å². The highest BCUT2D eigenvalue weighted by Crippen LogP contribution is 2.21. The van der Waals surface area contributed by atoms with Crippen molar-refractivity contribution in [3.63, 3.8) is 0 Å². The first kappa shape index (κ1) is 17.6. The number of thioether (sulfide) groups is 1. The topological polar surface area (TPSA) is 66.4 Å². The summed E-state index contributed by atoms with van der Waals surface area (Å²) in [4.78, 5) is 23.1. The first-order valence-electron chi connectivity index (χ1n) is 7.17. The van der Waals surface area contributed by atoms with E-state index in [1.54, 1.807) is 11.8 Å². The van der Waals surface area contributed by atoms with Gasteiger partial charge in [0, 0.05) is 30.0 Å². The molecule has 0 saturated carbocycles. The van der Waals surface area contributed by atoms with E-state index >= 15 is 0 Å². The summed E-state index contributed by atoms with van der Waals surface area (Å²) < 4.78 is 0. The summed E-state index contributed by atoms with van der Waals surface area (Å²) in [5, 5.41) is 11.3. The van der Waals surface area contributed by atoms with Crippen LogP contribution in [-0.4, -0.2) is 29.3 Å². The lowest BCUT2D eigenvalue weighted by atomic mass is 10.1. The zero-order valence-corrected chi connectivity index (χ0v) is 13.5. The average Bonchev–Trinajstić information content (AvgIpc) is 2.42. The lowest BCUT2D eigenvalue weighted by Gasteiger charge is -2.06. The van der Waals surface area contributed by atoms with Crippen LogP contribution in [-0.2, 0) is 9.59 Å². The van der Waals surface area contributed by atoms with Crippen LogP contribution in [0.2, 0.25) is 0 Å². The monoisotopic (exact) mass is 309 g/mol. The highest BCUT2D eigenvalue weighted by Gasteiger charge is 2.03. The minimum absolute atomic E-state index is 0.0293. The summed E-state index contributed by atoms with van der Waals surface area (Å²) >= 11 is 1.68. The number of hydrogen-bond donors (Lipinski definition) is 2. The largest absolute Gasteiger partial charge is 0.481 e. The lowest BCUT2D eigenvalue weighted by Crippen LogP contribution is -2.24. The van der Waals surface area contributed by atoms with E-state index in [2.05, 4.69) is 37.4 Å². The summed E-state index contributed by atoms with van der Waals surface area (Å²) in [6.07, 6.45) is 1.96. The standard InChI is InChI=1S/C16H23NO3S/c1-12-6-7-14(11-13(12)2)21-10-8-15(18)17-9-4-3-5-16(19)20/h6-7,11H,3-5,8-10H2,1-2H3,(H,17,18)(H,19,20). The first-order chi connectivity index (χ1) is 9.99. The second-order valence-corrected chi connectivity index (χ2v) is 6.21. The zero-order chi connectivity index (χ0) is 15.7. The third kappa shape index (κ3) is 7.75. The SMILES string of the molecule is Cc1ccc(SCCC(=O)NCCCCC(=O)O)cc1C. The van der Waals surface area contributed by atoms with E-state index in [1.165, 1.54) is 16.0 Å². The van der Waals surface area contributed by atoms with E-state index in [0.717, 1.165) is 5.75 Å². The van der Waals surface area contributed by atoms with Gasteiger partial charge in [0.2, 0.25) is 5.91 Å². The highest BCUT2D eigenvalue weighted by molar-refractivity contribution is 7.99. The fourth-order valence-electron chi connectivity index (χ4n) is 1.78. The van der Waals surface area contributed by atoms with E-state index in [1.807, 2.05) is 0 Å². The molecule has 1 amide bonds. The van der Waals surface area contributed by atoms with Gasteiger partial charge < -0.3 is 10.4 Å². The van der Waals surface area contributed by atoms with Crippen LogP contribution >= 0.6 is 11.8 Å². The third-order valence-electron chi connectivity index (χ3n) is 3.22. The van der Waals surface area contributed by atoms with Crippen LogP contribution in [0.15, 0.2) is 23.1 Å². The van der Waals surface area contributed by atoms with Crippen molar-refractivity contribution in [3.8, 4) is 0 Å². The van der Waals surface area contributed by atoms with Gasteiger partial charge in [-0.1, -0.05) is 6.07 Å². The predicted octanol–water partition coefficient (Wildman–Crippen LogP) is 3.16. The number of aryl methyl sites for hydroxylation is 2. The number of rotatable bonds is 9. The summed E-state index contributed by atoms with van der Waals surface area (Å²) in [6, 6.07) is 6.32. The van der Waals surface area contributed by atoms with Crippen LogP contribution in [0.25, 0.3) is 0 Å². The molecule has 0 bridgehead atoms. The molecule has 1 aromatic carbocycles. The molecule has 0 heterocycles. The molecular formula is C16H23NO3S. The zero-order valence-electron chi connectivity index (χ0n) is 12.6. The molecule has 21 heavy (non-hydrogen) atoms. The van der Waals surface area contributed by atoms with Gasteiger partial charge in [-0.25, -0.2) is 0 Å². The Morgan fingerprint density at radius 3 is 2.57 bits per heavy atom. The average molecular weight is 309 g/mol. The molecule has 0 aliphatic rings. The Balaban J connectivity index is 2.13. The van der Waals surface area contributed by atoms with Gasteiger partial charge in [-0.05, 0) is 49.9 Å². The summed E-state index contributed by atoms with van der Waals surface area (Å²) in [7, 11) is 0. The molecule has 0 fully saturated rings. The maximum Gasteiger partial charge on any atom is 0.303 e. The smallest absolute Gasteiger partial charge is 0.303 e. The van der Waals surface area contributed by atoms with Crippen molar-refractivity contribution in [1.82, 2.24) is 5.32 Å². The van der Waals surface area contributed by atoms with Gasteiger partial charge in [-0.15, -0.1) is 11.8 Å². The predicted molar refractivity (Wildman–Crippen MR) is 85.8 cm³/mol. The van der Waals surface area contributed by atoms with Crippen LogP contribution in [0, 0.1) is 13.8 Å². The van der Waals surface area contributed by atoms with E-state index in [0.29, 0.717) is 25.8 Å². The van der Waals surface area contributed by atoms with Crippen molar-refractivity contribution in [3.05, 3.63) is 29.3 Å². The maximum atomic E-state index is 11.6. The molecule has 5 heteroatoms. The molecule has 0 saturated heterocycles. The van der Waals surface area contributed by atoms with Crippen molar-refractivity contribution >= 4 is 23.6 Å². The Morgan fingerprint density at radius 2 is 1.90 bits per heavy atom. The Bertz CT molecular complexity index is 488. The molecule has 1 rings (SSSR count). The molecule has 0 aromatic heterocycles. The van der Waals surface area contributed by atoms with Crippen molar-refractivity contribution in [2.45, 2.75) is 44.4 Å². The quantitative estimate of drug-likeness (QED) is 0.543. The van der Waals surface area contributed by atoms with Gasteiger partial charge >= 0.3 is 5.97 Å². The van der Waals surface area contributed by atoms with Crippen molar-refractivity contribution < 1.29 is 14.7 Å². The number of hydrogen-bond acceptors (Lipinski definition) is 3. The Labute approximate surface area is 130 Å². The molecule has 0 unspecified atom stereocenters. The molecule has 0 aliphatic carbocycles. The van der Waals surface area contributed by atoms with Crippen molar-refractivity contribution in [2.75, 3.05) is 12.3 Å². The van der Waals surface area contributed by atoms with Gasteiger partial charge in [-0.2, -0.15) is 0 Å². The second kappa shape index (κ2) is 9.45. The maximum absolute atomic E-state index is 11.6. The number of nitrogens with one attached hydrogen (secondary N) is 1. The van der Waals surface area contributed by atoms with Gasteiger partial charge in [0.15, 0.2) is 0 Å². The molecule has 0 spiro atoms. The number of carboxylic acids is 1. The van der Waals surface area contributed by atoms with E-state index in [4.69, 9.17) is 5.11 Å². The molecular weight excluding hydrogens is 286 g/mol. The van der Waals surface area contributed by atoms with Crippen LogP contribution < -0.4 is 5.32 Å². The van der Waals surface area contributed by atoms with Crippen LogP contribution in [0.5, 0.6) is 0 Å². The molecule has 4 nitrogen and oxygen atoms in total. The van der Waals surface area contributed by atoms with Crippen LogP contribution in [0.4, 0.5) is 0 Å². The molecule has 0 radical (unpaired) electrons. The highest BCUT2D eigenvalue weighted by atomic mass is 32.2. The van der Waals surface area contributed by atoms with E-state index < -0.39 is 5.97 Å². The Kier molecular flexibility index (Phi) is 7.90. The number of carboxylic acid groups (broad SMARTS) is 1. The number of carbonyl (C=O) groups excluding carboxylic acids is 1. The Hall–Kier alpha value is -1.49. The van der Waals surface area contributed by atoms with Crippen LogP contribution in [0.3, 0.4) is 0 Å². The van der Waals surface area contributed by atoms with Gasteiger partial charge in [0.05, 0.1) is 0 Å². The number of benzene rings is 1. The van der Waals surface area contributed by atoms with Crippen molar-refractivity contribution in [1.29, 1.82) is 0 Å². The van der Waals surface area contributed by atoms with Crippen molar-refractivity contribution in [2.24, 2.45) is 0 Å². The summed E-state index contributed by atoms with van der Waals surface area (Å²) in [5.74, 6) is -0.00326. The normalized spacial score (nSPS) is 10.4. The molecule has 0 atom stereocenters. The number of unbranched alkanes of at least 4 members (excludes halogenated alkanes) is 1. The second-order valence-electron chi connectivity index (χ2n) is 5.05. The third-order valence-corrected chi connectivity index (χ3v) is 4.21. The fourth-order valence-corrected chi connectivity index (χ4v) is 2.73. The molecule has 2 N–H and O–H groups in total. The molecule has 116 valence electrons. The summed E-state index contributed by atoms with van der Waals surface area (Å²) in [5.41, 5.74) is 2.54. The van der Waals surface area contributed by atoms with Gasteiger partial charge in [-0.3, -0.25) is 9.59 Å². The number of aliphatic carboxylic acids is 1. The number of amides is 1. The van der Waals surface area contributed by atoms with E-state index in [-0.39, 0.29) is 12.3 Å². The Morgan fingerprint density at radius 1 is 1.14 bits per heavy atom. The molecule has 1 aromatic rings. The minimum atomic E-state index is -0.786. The van der Waals surface area contributed by atoms with Gasteiger partial charge in [0.1, 0.15) is 0 Å². The van der Waals surface area contributed by atoms with Gasteiger partial charge in [0.25, 0.3) is 0 Å². The molecule has 0 aliphatic heterocycles. The first-order valence-corrected chi connectivity index (χ1v) is 8.16.